The highest BCUT2D eigenvalue weighted by molar-refractivity contribution is 9.10. The highest BCUT2D eigenvalue weighted by atomic mass is 79.9. The summed E-state index contributed by atoms with van der Waals surface area (Å²) < 4.78 is 0.805. The van der Waals surface area contributed by atoms with Gasteiger partial charge in [-0.1, -0.05) is 25.5 Å². The van der Waals surface area contributed by atoms with Crippen LogP contribution >= 0.6 is 15.9 Å². The lowest BCUT2D eigenvalue weighted by Gasteiger charge is -2.32. The Morgan fingerprint density at radius 1 is 1.27 bits per heavy atom. The average Bonchev–Trinajstić information content (AvgIpc) is 2.53. The third-order valence-electron chi connectivity index (χ3n) is 4.05. The number of carbonyl (C=O) groups is 2. The van der Waals surface area contributed by atoms with E-state index < -0.39 is 0 Å². The van der Waals surface area contributed by atoms with Crippen molar-refractivity contribution in [2.45, 2.75) is 45.1 Å². The molecule has 2 amide bonds. The van der Waals surface area contributed by atoms with E-state index in [0.29, 0.717) is 12.0 Å². The van der Waals surface area contributed by atoms with E-state index in [1.54, 1.807) is 0 Å². The predicted octanol–water partition coefficient (Wildman–Crippen LogP) is 3.36. The third kappa shape index (κ3) is 4.57. The Hall–Kier alpha value is -1.36. The Morgan fingerprint density at radius 3 is 2.59 bits per heavy atom. The van der Waals surface area contributed by atoms with Gasteiger partial charge in [0.15, 0.2) is 0 Å². The molecule has 1 aromatic carbocycles. The number of amides is 2. The monoisotopic (exact) mass is 366 g/mol. The number of hydrogen-bond donors (Lipinski definition) is 1. The minimum Gasteiger partial charge on any atom is -0.349 e. The highest BCUT2D eigenvalue weighted by Crippen LogP contribution is 2.17. The molecule has 120 valence electrons. The molecule has 1 fully saturated rings. The Kier molecular flexibility index (Phi) is 6.43. The van der Waals surface area contributed by atoms with E-state index in [2.05, 4.69) is 28.2 Å². The molecule has 4 nitrogen and oxygen atoms in total. The quantitative estimate of drug-likeness (QED) is 0.868. The summed E-state index contributed by atoms with van der Waals surface area (Å²) in [6.45, 7) is 3.57. The van der Waals surface area contributed by atoms with E-state index in [9.17, 15) is 9.59 Å². The van der Waals surface area contributed by atoms with Crippen molar-refractivity contribution in [3.63, 3.8) is 0 Å². The van der Waals surface area contributed by atoms with E-state index in [-0.39, 0.29) is 17.9 Å². The van der Waals surface area contributed by atoms with Crippen LogP contribution in [-0.2, 0) is 4.79 Å². The van der Waals surface area contributed by atoms with Gasteiger partial charge in [-0.15, -0.1) is 0 Å². The second-order valence-electron chi connectivity index (χ2n) is 5.71. The van der Waals surface area contributed by atoms with Crippen LogP contribution in [0.1, 0.15) is 49.4 Å². The van der Waals surface area contributed by atoms with Crippen molar-refractivity contribution < 1.29 is 9.59 Å². The molecule has 0 aliphatic carbocycles. The van der Waals surface area contributed by atoms with Gasteiger partial charge in [-0.3, -0.25) is 9.59 Å². The summed E-state index contributed by atoms with van der Waals surface area (Å²) in [4.78, 5) is 26.2. The van der Waals surface area contributed by atoms with E-state index in [1.165, 1.54) is 0 Å². The molecule has 0 radical (unpaired) electrons. The van der Waals surface area contributed by atoms with Crippen LogP contribution in [0.15, 0.2) is 28.7 Å². The molecule has 0 unspecified atom stereocenters. The number of unbranched alkanes of at least 4 members (excludes halogenated alkanes) is 1. The Morgan fingerprint density at radius 2 is 1.95 bits per heavy atom. The summed E-state index contributed by atoms with van der Waals surface area (Å²) in [5.74, 6) is 0.195. The zero-order chi connectivity index (χ0) is 15.9. The fourth-order valence-electron chi connectivity index (χ4n) is 2.67. The maximum atomic E-state index is 12.3. The maximum absolute atomic E-state index is 12.3. The zero-order valence-electron chi connectivity index (χ0n) is 13.0. The SMILES string of the molecule is CCCCC(=O)N1CCC(NC(=O)c2ccccc2Br)CC1. The molecule has 22 heavy (non-hydrogen) atoms. The van der Waals surface area contributed by atoms with Crippen molar-refractivity contribution in [2.24, 2.45) is 0 Å². The summed E-state index contributed by atoms with van der Waals surface area (Å²) >= 11 is 3.40. The molecule has 0 spiro atoms. The molecule has 2 rings (SSSR count). The van der Waals surface area contributed by atoms with Crippen molar-refractivity contribution in [1.29, 1.82) is 0 Å². The molecule has 0 atom stereocenters. The third-order valence-corrected chi connectivity index (χ3v) is 4.74. The van der Waals surface area contributed by atoms with Gasteiger partial charge in [-0.05, 0) is 47.3 Å². The van der Waals surface area contributed by atoms with Crippen LogP contribution in [0.3, 0.4) is 0 Å². The number of rotatable bonds is 5. The number of likely N-dealkylation sites (tertiary alicyclic amines) is 1. The van der Waals surface area contributed by atoms with Crippen LogP contribution < -0.4 is 5.32 Å². The van der Waals surface area contributed by atoms with Gasteiger partial charge in [-0.25, -0.2) is 0 Å². The van der Waals surface area contributed by atoms with Crippen LogP contribution in [0.4, 0.5) is 0 Å². The Bertz CT molecular complexity index is 525. The first-order valence-corrected chi connectivity index (χ1v) is 8.74. The maximum Gasteiger partial charge on any atom is 0.252 e. The lowest BCUT2D eigenvalue weighted by Crippen LogP contribution is -2.46. The van der Waals surface area contributed by atoms with Gasteiger partial charge in [0.05, 0.1) is 5.56 Å². The molecule has 1 heterocycles. The van der Waals surface area contributed by atoms with Gasteiger partial charge >= 0.3 is 0 Å². The van der Waals surface area contributed by atoms with Crippen LogP contribution in [0, 0.1) is 0 Å². The van der Waals surface area contributed by atoms with Crippen molar-refractivity contribution in [3.05, 3.63) is 34.3 Å². The van der Waals surface area contributed by atoms with Gasteiger partial charge in [0.2, 0.25) is 5.91 Å². The molecule has 0 saturated carbocycles. The number of halogens is 1. The van der Waals surface area contributed by atoms with Crippen LogP contribution in [0.2, 0.25) is 0 Å². The molecule has 0 bridgehead atoms. The first-order chi connectivity index (χ1) is 10.6. The van der Waals surface area contributed by atoms with Crippen molar-refractivity contribution in [1.82, 2.24) is 10.2 Å². The molecule has 0 aromatic heterocycles. The Balaban J connectivity index is 1.81. The van der Waals surface area contributed by atoms with Crippen LogP contribution in [0.5, 0.6) is 0 Å². The molecule has 5 heteroatoms. The van der Waals surface area contributed by atoms with Crippen LogP contribution in [-0.4, -0.2) is 35.8 Å². The van der Waals surface area contributed by atoms with E-state index in [4.69, 9.17) is 0 Å². The Labute approximate surface area is 140 Å². The van der Waals surface area contributed by atoms with Gasteiger partial charge < -0.3 is 10.2 Å². The molecule has 1 aliphatic rings. The lowest BCUT2D eigenvalue weighted by molar-refractivity contribution is -0.132. The number of hydrogen-bond acceptors (Lipinski definition) is 2. The molecule has 1 aromatic rings. The smallest absolute Gasteiger partial charge is 0.252 e. The standard InChI is InChI=1S/C17H23BrN2O2/c1-2-3-8-16(21)20-11-9-13(10-12-20)19-17(22)14-6-4-5-7-15(14)18/h4-7,13H,2-3,8-12H2,1H3,(H,19,22). The molecule has 1 aliphatic heterocycles. The van der Waals surface area contributed by atoms with Crippen molar-refractivity contribution in [2.75, 3.05) is 13.1 Å². The molecule has 1 N–H and O–H groups in total. The number of carbonyl (C=O) groups excluding carboxylic acids is 2. The fourth-order valence-corrected chi connectivity index (χ4v) is 3.13. The van der Waals surface area contributed by atoms with E-state index in [0.717, 1.165) is 43.2 Å². The topological polar surface area (TPSA) is 49.4 Å². The number of nitrogens with one attached hydrogen (secondary N) is 1. The number of piperidine rings is 1. The lowest BCUT2D eigenvalue weighted by atomic mass is 10.0. The predicted molar refractivity (Wildman–Crippen MR) is 90.7 cm³/mol. The summed E-state index contributed by atoms with van der Waals surface area (Å²) in [6, 6.07) is 7.57. The number of benzene rings is 1. The largest absolute Gasteiger partial charge is 0.349 e. The van der Waals surface area contributed by atoms with Gasteiger partial charge in [-0.2, -0.15) is 0 Å². The highest BCUT2D eigenvalue weighted by Gasteiger charge is 2.24. The van der Waals surface area contributed by atoms with Crippen LogP contribution in [0.25, 0.3) is 0 Å². The summed E-state index contributed by atoms with van der Waals surface area (Å²) in [5, 5.41) is 3.07. The van der Waals surface area contributed by atoms with Gasteiger partial charge in [0, 0.05) is 30.0 Å². The fraction of sp³-hybridized carbons (Fsp3) is 0.529. The number of nitrogens with zero attached hydrogens (tertiary/aromatic N) is 1. The van der Waals surface area contributed by atoms with Crippen molar-refractivity contribution >= 4 is 27.7 Å². The first-order valence-electron chi connectivity index (χ1n) is 7.95. The second-order valence-corrected chi connectivity index (χ2v) is 6.57. The normalized spacial score (nSPS) is 15.6. The minimum atomic E-state index is -0.0526. The van der Waals surface area contributed by atoms with Gasteiger partial charge in [0.25, 0.3) is 5.91 Å². The molecular formula is C17H23BrN2O2. The van der Waals surface area contributed by atoms with E-state index in [1.807, 2.05) is 29.2 Å². The zero-order valence-corrected chi connectivity index (χ0v) is 14.6. The summed E-state index contributed by atoms with van der Waals surface area (Å²) in [6.07, 6.45) is 4.30. The molecule has 1 saturated heterocycles. The van der Waals surface area contributed by atoms with Crippen molar-refractivity contribution in [3.8, 4) is 0 Å². The van der Waals surface area contributed by atoms with Gasteiger partial charge in [0.1, 0.15) is 0 Å². The summed E-state index contributed by atoms with van der Waals surface area (Å²) in [5.41, 5.74) is 0.656. The van der Waals surface area contributed by atoms with E-state index >= 15 is 0 Å². The first kappa shape index (κ1) is 17.0. The molecular weight excluding hydrogens is 344 g/mol. The minimum absolute atomic E-state index is 0.0526. The summed E-state index contributed by atoms with van der Waals surface area (Å²) in [7, 11) is 0. The average molecular weight is 367 g/mol. The second kappa shape index (κ2) is 8.32.